The average Bonchev–Trinajstić information content (AvgIpc) is 3.57. The number of rotatable bonds is 5. The van der Waals surface area contributed by atoms with Crippen LogP contribution in [0.15, 0.2) is 85.3 Å². The number of ether oxygens (including phenoxy) is 1. The van der Waals surface area contributed by atoms with Crippen LogP contribution in [0.2, 0.25) is 0 Å². The van der Waals surface area contributed by atoms with Crippen molar-refractivity contribution in [2.24, 2.45) is 0 Å². The highest BCUT2D eigenvalue weighted by Gasteiger charge is 2.35. The van der Waals surface area contributed by atoms with Crippen molar-refractivity contribution in [3.05, 3.63) is 102 Å². The summed E-state index contributed by atoms with van der Waals surface area (Å²) in [5.41, 5.74) is 5.45. The molecule has 0 aliphatic carbocycles. The Kier molecular flexibility index (Phi) is 5.78. The molecule has 2 aromatic carbocycles. The van der Waals surface area contributed by atoms with E-state index in [4.69, 9.17) is 4.74 Å². The molecule has 34 heavy (non-hydrogen) atoms. The molecular formula is C29H31N3O2. The lowest BCUT2D eigenvalue weighted by molar-refractivity contribution is 0.0673. The number of hydrogen-bond donors (Lipinski definition) is 0. The summed E-state index contributed by atoms with van der Waals surface area (Å²) in [6.07, 6.45) is 8.01. The van der Waals surface area contributed by atoms with E-state index < -0.39 is 0 Å². The lowest BCUT2D eigenvalue weighted by atomic mass is 9.77. The van der Waals surface area contributed by atoms with Gasteiger partial charge in [-0.05, 0) is 92.1 Å². The van der Waals surface area contributed by atoms with Crippen LogP contribution < -0.4 is 4.74 Å². The summed E-state index contributed by atoms with van der Waals surface area (Å²) in [5.74, 6) is 0.983. The SMILES string of the molecule is COc1ccc(-n2cccc2C2(C)CCN(C(=O)c3ccc(-n4cccc4)cc3)CC2)c(C)c1. The van der Waals surface area contributed by atoms with Gasteiger partial charge in [0.1, 0.15) is 5.75 Å². The molecule has 1 fully saturated rings. The molecule has 1 amide bonds. The zero-order chi connectivity index (χ0) is 23.7. The predicted octanol–water partition coefficient (Wildman–Crippen LogP) is 5.78. The van der Waals surface area contributed by atoms with Gasteiger partial charge < -0.3 is 18.8 Å². The molecule has 0 unspecified atom stereocenters. The minimum atomic E-state index is 0.00489. The normalized spacial score (nSPS) is 15.3. The highest BCUT2D eigenvalue weighted by molar-refractivity contribution is 5.94. The van der Waals surface area contributed by atoms with Crippen molar-refractivity contribution in [3.63, 3.8) is 0 Å². The van der Waals surface area contributed by atoms with Crippen LogP contribution in [-0.4, -0.2) is 40.1 Å². The standard InChI is InChI=1S/C29H31N3O2/c1-22-21-25(34-3)12-13-26(22)32-18-6-7-27(32)29(2)14-19-31(20-15-29)28(33)23-8-10-24(11-9-23)30-16-4-5-17-30/h4-13,16-18,21H,14-15,19-20H2,1-3H3. The minimum absolute atomic E-state index is 0.00489. The molecule has 0 atom stereocenters. The summed E-state index contributed by atoms with van der Waals surface area (Å²) in [7, 11) is 1.70. The van der Waals surface area contributed by atoms with Crippen LogP contribution in [0.3, 0.4) is 0 Å². The van der Waals surface area contributed by atoms with Crippen LogP contribution >= 0.6 is 0 Å². The second-order valence-corrected chi connectivity index (χ2v) is 9.41. The molecule has 0 bridgehead atoms. The van der Waals surface area contributed by atoms with Gasteiger partial charge in [-0.2, -0.15) is 0 Å². The number of piperidine rings is 1. The molecule has 0 spiro atoms. The van der Waals surface area contributed by atoms with Gasteiger partial charge in [0.25, 0.3) is 5.91 Å². The van der Waals surface area contributed by atoms with Gasteiger partial charge in [0.15, 0.2) is 0 Å². The first-order valence-corrected chi connectivity index (χ1v) is 11.8. The summed E-state index contributed by atoms with van der Waals surface area (Å²) in [4.78, 5) is 15.2. The van der Waals surface area contributed by atoms with Gasteiger partial charge in [-0.25, -0.2) is 0 Å². The maximum Gasteiger partial charge on any atom is 0.253 e. The first-order chi connectivity index (χ1) is 16.5. The maximum absolute atomic E-state index is 13.2. The van der Waals surface area contributed by atoms with Crippen molar-refractivity contribution in [2.75, 3.05) is 20.2 Å². The summed E-state index contributed by atoms with van der Waals surface area (Å²) in [6.45, 7) is 5.95. The van der Waals surface area contributed by atoms with Crippen molar-refractivity contribution in [3.8, 4) is 17.1 Å². The van der Waals surface area contributed by atoms with Crippen molar-refractivity contribution < 1.29 is 9.53 Å². The first-order valence-electron chi connectivity index (χ1n) is 11.8. The highest BCUT2D eigenvalue weighted by Crippen LogP contribution is 2.37. The van der Waals surface area contributed by atoms with E-state index in [1.807, 2.05) is 64.3 Å². The number of nitrogens with zero attached hydrogens (tertiary/aromatic N) is 3. The van der Waals surface area contributed by atoms with Crippen LogP contribution in [-0.2, 0) is 5.41 Å². The van der Waals surface area contributed by atoms with E-state index in [1.54, 1.807) is 7.11 Å². The van der Waals surface area contributed by atoms with Gasteiger partial charge >= 0.3 is 0 Å². The molecule has 1 aliphatic rings. The molecular weight excluding hydrogens is 422 g/mol. The molecule has 3 heterocycles. The molecule has 1 aliphatic heterocycles. The topological polar surface area (TPSA) is 39.4 Å². The van der Waals surface area contributed by atoms with Crippen molar-refractivity contribution >= 4 is 5.91 Å². The fourth-order valence-corrected chi connectivity index (χ4v) is 5.03. The summed E-state index contributed by atoms with van der Waals surface area (Å²) >= 11 is 0. The van der Waals surface area contributed by atoms with E-state index in [0.717, 1.165) is 42.9 Å². The molecule has 0 saturated carbocycles. The number of benzene rings is 2. The van der Waals surface area contributed by atoms with Gasteiger partial charge in [0, 0.05) is 59.7 Å². The fourth-order valence-electron chi connectivity index (χ4n) is 5.03. The van der Waals surface area contributed by atoms with E-state index in [0.29, 0.717) is 0 Å². The van der Waals surface area contributed by atoms with E-state index in [2.05, 4.69) is 48.9 Å². The summed E-state index contributed by atoms with van der Waals surface area (Å²) in [5, 5.41) is 0. The number of aryl methyl sites for hydroxylation is 1. The Morgan fingerprint density at radius 1 is 0.912 bits per heavy atom. The lowest BCUT2D eigenvalue weighted by Gasteiger charge is -2.40. The minimum Gasteiger partial charge on any atom is -0.497 e. The van der Waals surface area contributed by atoms with Crippen molar-refractivity contribution in [1.82, 2.24) is 14.0 Å². The monoisotopic (exact) mass is 453 g/mol. The third-order valence-corrected chi connectivity index (χ3v) is 7.20. The van der Waals surface area contributed by atoms with Crippen LogP contribution in [0, 0.1) is 6.92 Å². The summed E-state index contributed by atoms with van der Waals surface area (Å²) < 4.78 is 9.72. The number of hydrogen-bond acceptors (Lipinski definition) is 2. The molecule has 174 valence electrons. The maximum atomic E-state index is 13.2. The Balaban J connectivity index is 1.31. The Morgan fingerprint density at radius 3 is 2.26 bits per heavy atom. The third kappa shape index (κ3) is 4.03. The zero-order valence-electron chi connectivity index (χ0n) is 20.1. The van der Waals surface area contributed by atoms with E-state index in [-0.39, 0.29) is 11.3 Å². The third-order valence-electron chi connectivity index (χ3n) is 7.20. The summed E-state index contributed by atoms with van der Waals surface area (Å²) in [6, 6.07) is 22.4. The van der Waals surface area contributed by atoms with Crippen molar-refractivity contribution in [2.45, 2.75) is 32.1 Å². The Labute approximate surface area is 201 Å². The largest absolute Gasteiger partial charge is 0.497 e. The number of amides is 1. The second-order valence-electron chi connectivity index (χ2n) is 9.41. The van der Waals surface area contributed by atoms with Gasteiger partial charge in [-0.1, -0.05) is 6.92 Å². The quantitative estimate of drug-likeness (QED) is 0.384. The van der Waals surface area contributed by atoms with Gasteiger partial charge in [0.2, 0.25) is 0 Å². The van der Waals surface area contributed by atoms with Crippen LogP contribution in [0.4, 0.5) is 0 Å². The van der Waals surface area contributed by atoms with Gasteiger partial charge in [0.05, 0.1) is 7.11 Å². The van der Waals surface area contributed by atoms with E-state index in [1.165, 1.54) is 16.9 Å². The second kappa shape index (κ2) is 8.90. The van der Waals surface area contributed by atoms with Gasteiger partial charge in [-0.3, -0.25) is 4.79 Å². The Morgan fingerprint density at radius 2 is 1.62 bits per heavy atom. The predicted molar refractivity (Wildman–Crippen MR) is 135 cm³/mol. The van der Waals surface area contributed by atoms with Crippen LogP contribution in [0.1, 0.15) is 41.4 Å². The van der Waals surface area contributed by atoms with Crippen LogP contribution in [0.5, 0.6) is 5.75 Å². The number of carbonyl (C=O) groups is 1. The molecule has 5 rings (SSSR count). The smallest absolute Gasteiger partial charge is 0.253 e. The first kappa shape index (κ1) is 22.1. The number of likely N-dealkylation sites (tertiary alicyclic amines) is 1. The number of methoxy groups -OCH3 is 1. The molecule has 4 aromatic rings. The molecule has 1 saturated heterocycles. The molecule has 0 N–H and O–H groups in total. The van der Waals surface area contributed by atoms with Gasteiger partial charge in [-0.15, -0.1) is 0 Å². The van der Waals surface area contributed by atoms with Crippen molar-refractivity contribution in [1.29, 1.82) is 0 Å². The van der Waals surface area contributed by atoms with E-state index in [9.17, 15) is 4.79 Å². The zero-order valence-corrected chi connectivity index (χ0v) is 20.1. The number of aromatic nitrogens is 2. The molecule has 0 radical (unpaired) electrons. The Bertz CT molecular complexity index is 1280. The average molecular weight is 454 g/mol. The van der Waals surface area contributed by atoms with E-state index >= 15 is 0 Å². The lowest BCUT2D eigenvalue weighted by Crippen LogP contribution is -2.44. The molecule has 2 aromatic heterocycles. The highest BCUT2D eigenvalue weighted by atomic mass is 16.5. The molecule has 5 nitrogen and oxygen atoms in total. The van der Waals surface area contributed by atoms with Crippen LogP contribution in [0.25, 0.3) is 11.4 Å². The number of carbonyl (C=O) groups excluding carboxylic acids is 1. The Hall–Kier alpha value is -3.73. The fraction of sp³-hybridized carbons (Fsp3) is 0.276. The molecule has 5 heteroatoms.